The van der Waals surface area contributed by atoms with Crippen molar-refractivity contribution in [2.75, 3.05) is 13.1 Å². The largest absolute Gasteiger partial charge is 0.324 e. The molecule has 2 N–H and O–H groups in total. The fourth-order valence-electron chi connectivity index (χ4n) is 2.96. The molecule has 1 aromatic carbocycles. The highest BCUT2D eigenvalue weighted by molar-refractivity contribution is 5.26. The van der Waals surface area contributed by atoms with Crippen molar-refractivity contribution < 1.29 is 0 Å². The molecule has 2 heteroatoms. The van der Waals surface area contributed by atoms with E-state index in [1.165, 1.54) is 49.9 Å². The van der Waals surface area contributed by atoms with Crippen LogP contribution >= 0.6 is 0 Å². The van der Waals surface area contributed by atoms with Crippen molar-refractivity contribution in [3.8, 4) is 0 Å². The lowest BCUT2D eigenvalue weighted by Gasteiger charge is -2.34. The van der Waals surface area contributed by atoms with Crippen molar-refractivity contribution in [1.29, 1.82) is 0 Å². The van der Waals surface area contributed by atoms with E-state index >= 15 is 0 Å². The van der Waals surface area contributed by atoms with Crippen LogP contribution in [0.3, 0.4) is 0 Å². The molecule has 1 aliphatic rings. The molecule has 0 saturated carbocycles. The summed E-state index contributed by atoms with van der Waals surface area (Å²) in [5.41, 5.74) is 8.58. The Morgan fingerprint density at radius 2 is 1.61 bits per heavy atom. The number of nitrogens with two attached hydrogens (primary N) is 1. The topological polar surface area (TPSA) is 29.3 Å². The molecule has 2 nitrogen and oxygen atoms in total. The first-order valence-electron chi connectivity index (χ1n) is 7.32. The minimum absolute atomic E-state index is 0.133. The average Bonchev–Trinajstić information content (AvgIpc) is 2.41. The summed E-state index contributed by atoms with van der Waals surface area (Å²) in [7, 11) is 0. The maximum atomic E-state index is 5.90. The molecule has 100 valence electrons. The van der Waals surface area contributed by atoms with Gasteiger partial charge >= 0.3 is 0 Å². The van der Waals surface area contributed by atoms with E-state index in [0.29, 0.717) is 6.04 Å². The van der Waals surface area contributed by atoms with E-state index in [1.54, 1.807) is 0 Å². The van der Waals surface area contributed by atoms with Gasteiger partial charge in [-0.2, -0.15) is 0 Å². The summed E-state index contributed by atoms with van der Waals surface area (Å²) in [5, 5.41) is 0. The summed E-state index contributed by atoms with van der Waals surface area (Å²) in [5.74, 6) is 0. The molecule has 1 aliphatic heterocycles. The van der Waals surface area contributed by atoms with Gasteiger partial charge in [-0.05, 0) is 50.4 Å². The van der Waals surface area contributed by atoms with Gasteiger partial charge in [-0.25, -0.2) is 0 Å². The predicted octanol–water partition coefficient (Wildman–Crippen LogP) is 3.64. The van der Waals surface area contributed by atoms with E-state index in [4.69, 9.17) is 5.73 Å². The standard InChI is InChI=1S/C16H26N2/c1-3-16(18-11-5-4-6-12-18)15-9-7-14(8-10-15)13(2)17/h7-10,13,16H,3-6,11-12,17H2,1-2H3/t13-,16-/m0/s1. The molecule has 1 fully saturated rings. The van der Waals surface area contributed by atoms with Crippen LogP contribution in [0.25, 0.3) is 0 Å². The summed E-state index contributed by atoms with van der Waals surface area (Å²) in [4.78, 5) is 2.64. The minimum Gasteiger partial charge on any atom is -0.324 e. The van der Waals surface area contributed by atoms with Gasteiger partial charge in [-0.15, -0.1) is 0 Å². The van der Waals surface area contributed by atoms with Crippen LogP contribution in [0, 0.1) is 0 Å². The fraction of sp³-hybridized carbons (Fsp3) is 0.625. The van der Waals surface area contributed by atoms with Gasteiger partial charge in [0.25, 0.3) is 0 Å². The highest BCUT2D eigenvalue weighted by atomic mass is 15.2. The fourth-order valence-corrected chi connectivity index (χ4v) is 2.96. The van der Waals surface area contributed by atoms with Gasteiger partial charge in [0.1, 0.15) is 0 Å². The van der Waals surface area contributed by atoms with Crippen molar-refractivity contribution in [2.24, 2.45) is 5.73 Å². The second kappa shape index (κ2) is 6.35. The first kappa shape index (κ1) is 13.6. The lowest BCUT2D eigenvalue weighted by molar-refractivity contribution is 0.159. The molecular formula is C16H26N2. The molecule has 0 unspecified atom stereocenters. The lowest BCUT2D eigenvalue weighted by Crippen LogP contribution is -2.33. The number of benzene rings is 1. The molecule has 0 spiro atoms. The van der Waals surface area contributed by atoms with Crippen LogP contribution in [-0.2, 0) is 0 Å². The number of hydrogen-bond donors (Lipinski definition) is 1. The van der Waals surface area contributed by atoms with Gasteiger partial charge in [0.15, 0.2) is 0 Å². The van der Waals surface area contributed by atoms with Crippen LogP contribution < -0.4 is 5.73 Å². The van der Waals surface area contributed by atoms with Crippen LogP contribution in [0.2, 0.25) is 0 Å². The van der Waals surface area contributed by atoms with Crippen LogP contribution in [0.5, 0.6) is 0 Å². The van der Waals surface area contributed by atoms with E-state index < -0.39 is 0 Å². The SMILES string of the molecule is CC[C@@H](c1ccc([C@H](C)N)cc1)N1CCCCC1. The Hall–Kier alpha value is -0.860. The molecule has 1 aromatic rings. The molecule has 0 amide bonds. The van der Waals surface area contributed by atoms with E-state index in [9.17, 15) is 0 Å². The lowest BCUT2D eigenvalue weighted by atomic mass is 9.97. The van der Waals surface area contributed by atoms with Crippen molar-refractivity contribution in [2.45, 2.75) is 51.6 Å². The van der Waals surface area contributed by atoms with Gasteiger partial charge < -0.3 is 5.73 Å². The predicted molar refractivity (Wildman–Crippen MR) is 77.5 cm³/mol. The molecule has 0 aromatic heterocycles. The summed E-state index contributed by atoms with van der Waals surface area (Å²) in [6.45, 7) is 6.84. The van der Waals surface area contributed by atoms with Crippen molar-refractivity contribution >= 4 is 0 Å². The Morgan fingerprint density at radius 3 is 2.11 bits per heavy atom. The van der Waals surface area contributed by atoms with E-state index in [2.05, 4.69) is 36.1 Å². The average molecular weight is 246 g/mol. The van der Waals surface area contributed by atoms with E-state index in [-0.39, 0.29) is 6.04 Å². The van der Waals surface area contributed by atoms with Crippen molar-refractivity contribution in [3.05, 3.63) is 35.4 Å². The van der Waals surface area contributed by atoms with Gasteiger partial charge in [0, 0.05) is 12.1 Å². The molecule has 2 atom stereocenters. The smallest absolute Gasteiger partial charge is 0.0345 e. The number of nitrogens with zero attached hydrogens (tertiary/aromatic N) is 1. The van der Waals surface area contributed by atoms with Crippen molar-refractivity contribution in [1.82, 2.24) is 4.90 Å². The Morgan fingerprint density at radius 1 is 1.06 bits per heavy atom. The Labute approximate surface area is 111 Å². The third kappa shape index (κ3) is 3.12. The Kier molecular flexibility index (Phi) is 4.79. The number of piperidine rings is 1. The first-order valence-corrected chi connectivity index (χ1v) is 7.32. The molecular weight excluding hydrogens is 220 g/mol. The van der Waals surface area contributed by atoms with Gasteiger partial charge in [-0.1, -0.05) is 37.6 Å². The second-order valence-electron chi connectivity index (χ2n) is 5.48. The number of likely N-dealkylation sites (tertiary alicyclic amines) is 1. The number of rotatable bonds is 4. The van der Waals surface area contributed by atoms with Crippen LogP contribution in [0.15, 0.2) is 24.3 Å². The Bertz CT molecular complexity index is 350. The summed E-state index contributed by atoms with van der Waals surface area (Å²) >= 11 is 0. The zero-order valence-electron chi connectivity index (χ0n) is 11.7. The van der Waals surface area contributed by atoms with E-state index in [1.807, 2.05) is 6.92 Å². The zero-order chi connectivity index (χ0) is 13.0. The van der Waals surface area contributed by atoms with Crippen LogP contribution in [-0.4, -0.2) is 18.0 Å². The van der Waals surface area contributed by atoms with Crippen molar-refractivity contribution in [3.63, 3.8) is 0 Å². The van der Waals surface area contributed by atoms with Crippen LogP contribution in [0.4, 0.5) is 0 Å². The highest BCUT2D eigenvalue weighted by Gasteiger charge is 2.20. The third-order valence-electron chi connectivity index (χ3n) is 4.07. The maximum absolute atomic E-state index is 5.90. The van der Waals surface area contributed by atoms with Crippen LogP contribution in [0.1, 0.15) is 62.7 Å². The first-order chi connectivity index (χ1) is 8.72. The zero-order valence-corrected chi connectivity index (χ0v) is 11.7. The molecule has 0 bridgehead atoms. The maximum Gasteiger partial charge on any atom is 0.0345 e. The summed E-state index contributed by atoms with van der Waals surface area (Å²) < 4.78 is 0. The van der Waals surface area contributed by atoms with E-state index in [0.717, 1.165) is 0 Å². The highest BCUT2D eigenvalue weighted by Crippen LogP contribution is 2.28. The second-order valence-corrected chi connectivity index (χ2v) is 5.48. The third-order valence-corrected chi connectivity index (χ3v) is 4.07. The van der Waals surface area contributed by atoms with Gasteiger partial charge in [-0.3, -0.25) is 4.90 Å². The number of hydrogen-bond acceptors (Lipinski definition) is 2. The summed E-state index contributed by atoms with van der Waals surface area (Å²) in [6, 6.07) is 9.63. The monoisotopic (exact) mass is 246 g/mol. The quantitative estimate of drug-likeness (QED) is 0.878. The molecule has 0 radical (unpaired) electrons. The summed E-state index contributed by atoms with van der Waals surface area (Å²) in [6.07, 6.45) is 5.30. The molecule has 1 heterocycles. The molecule has 18 heavy (non-hydrogen) atoms. The molecule has 1 saturated heterocycles. The van der Waals surface area contributed by atoms with Gasteiger partial charge in [0.05, 0.1) is 0 Å². The molecule has 2 rings (SSSR count). The normalized spacial score (nSPS) is 20.6. The minimum atomic E-state index is 0.133. The Balaban J connectivity index is 2.11. The molecule has 0 aliphatic carbocycles. The van der Waals surface area contributed by atoms with Gasteiger partial charge in [0.2, 0.25) is 0 Å².